The lowest BCUT2D eigenvalue weighted by Crippen LogP contribution is -2.39. The van der Waals surface area contributed by atoms with Crippen LogP contribution in [0.25, 0.3) is 0 Å². The van der Waals surface area contributed by atoms with E-state index < -0.39 is 6.10 Å². The van der Waals surface area contributed by atoms with E-state index in [0.29, 0.717) is 19.5 Å². The third kappa shape index (κ3) is 2.62. The van der Waals surface area contributed by atoms with Crippen molar-refractivity contribution in [1.82, 2.24) is 10.6 Å². The van der Waals surface area contributed by atoms with Crippen LogP contribution in [0.4, 0.5) is 0 Å². The fraction of sp³-hybridized carbons (Fsp3) is 0.545. The van der Waals surface area contributed by atoms with Crippen LogP contribution in [0.5, 0.6) is 0 Å². The van der Waals surface area contributed by atoms with Gasteiger partial charge in [-0.3, -0.25) is 4.79 Å². The van der Waals surface area contributed by atoms with Crippen molar-refractivity contribution >= 4 is 5.91 Å². The van der Waals surface area contributed by atoms with E-state index in [0.717, 1.165) is 11.5 Å². The van der Waals surface area contributed by atoms with Crippen LogP contribution in [0.15, 0.2) is 16.5 Å². The topological polar surface area (TPSA) is 74.5 Å². The number of hydrogen-bond donors (Lipinski definition) is 3. The smallest absolute Gasteiger partial charge is 0.237 e. The highest BCUT2D eigenvalue weighted by Gasteiger charge is 2.27. The van der Waals surface area contributed by atoms with E-state index in [-0.39, 0.29) is 11.9 Å². The summed E-state index contributed by atoms with van der Waals surface area (Å²) < 4.78 is 5.33. The largest absolute Gasteiger partial charge is 0.465 e. The molecule has 1 fully saturated rings. The SMILES string of the molecule is Cc1ccc(CNC(=O)C2CC(O)CN2)o1. The van der Waals surface area contributed by atoms with Crippen molar-refractivity contribution in [2.75, 3.05) is 6.54 Å². The summed E-state index contributed by atoms with van der Waals surface area (Å²) in [6.45, 7) is 2.74. The predicted octanol–water partition coefficient (Wildman–Crippen LogP) is -0.0730. The van der Waals surface area contributed by atoms with Gasteiger partial charge in [-0.15, -0.1) is 0 Å². The molecule has 0 bridgehead atoms. The number of furan rings is 1. The standard InChI is InChI=1S/C11H16N2O3/c1-7-2-3-9(16-7)6-13-11(15)10-4-8(14)5-12-10/h2-3,8,10,12,14H,4-6H2,1H3,(H,13,15). The van der Waals surface area contributed by atoms with E-state index >= 15 is 0 Å². The summed E-state index contributed by atoms with van der Waals surface area (Å²) in [7, 11) is 0. The molecule has 88 valence electrons. The molecule has 1 saturated heterocycles. The molecule has 1 amide bonds. The highest BCUT2D eigenvalue weighted by Crippen LogP contribution is 2.08. The quantitative estimate of drug-likeness (QED) is 0.671. The summed E-state index contributed by atoms with van der Waals surface area (Å²) in [5, 5.41) is 15.0. The Balaban J connectivity index is 1.80. The van der Waals surface area contributed by atoms with Crippen molar-refractivity contribution in [3.05, 3.63) is 23.7 Å². The number of aryl methyl sites for hydroxylation is 1. The summed E-state index contributed by atoms with van der Waals surface area (Å²) in [6.07, 6.45) is 0.0600. The second-order valence-corrected chi connectivity index (χ2v) is 4.08. The van der Waals surface area contributed by atoms with Crippen LogP contribution >= 0.6 is 0 Å². The van der Waals surface area contributed by atoms with Crippen LogP contribution in [0.1, 0.15) is 17.9 Å². The minimum absolute atomic E-state index is 0.0920. The maximum absolute atomic E-state index is 11.6. The number of carbonyl (C=O) groups is 1. The van der Waals surface area contributed by atoms with Crippen LogP contribution < -0.4 is 10.6 Å². The van der Waals surface area contributed by atoms with E-state index in [1.54, 1.807) is 0 Å². The fourth-order valence-corrected chi connectivity index (χ4v) is 1.79. The third-order valence-electron chi connectivity index (χ3n) is 2.66. The van der Waals surface area contributed by atoms with Crippen molar-refractivity contribution in [3.63, 3.8) is 0 Å². The summed E-state index contributed by atoms with van der Waals surface area (Å²) >= 11 is 0. The van der Waals surface area contributed by atoms with Crippen molar-refractivity contribution in [2.24, 2.45) is 0 Å². The Kier molecular flexibility index (Phi) is 3.26. The summed E-state index contributed by atoms with van der Waals surface area (Å²) in [5.41, 5.74) is 0. The van der Waals surface area contributed by atoms with Crippen LogP contribution in [-0.2, 0) is 11.3 Å². The first-order chi connectivity index (χ1) is 7.65. The lowest BCUT2D eigenvalue weighted by Gasteiger charge is -2.09. The normalized spacial score (nSPS) is 24.6. The Hall–Kier alpha value is -1.33. The van der Waals surface area contributed by atoms with Gasteiger partial charge in [0.15, 0.2) is 0 Å². The van der Waals surface area contributed by atoms with Gasteiger partial charge in [-0.1, -0.05) is 0 Å². The molecule has 1 aliphatic rings. The Morgan fingerprint density at radius 1 is 1.69 bits per heavy atom. The van der Waals surface area contributed by atoms with Gasteiger partial charge in [-0.25, -0.2) is 0 Å². The van der Waals surface area contributed by atoms with Gasteiger partial charge in [0.2, 0.25) is 5.91 Å². The van der Waals surface area contributed by atoms with Gasteiger partial charge in [0.05, 0.1) is 18.7 Å². The van der Waals surface area contributed by atoms with Crippen LogP contribution in [-0.4, -0.2) is 29.7 Å². The molecule has 16 heavy (non-hydrogen) atoms. The molecule has 5 heteroatoms. The van der Waals surface area contributed by atoms with E-state index in [2.05, 4.69) is 10.6 Å². The molecule has 0 spiro atoms. The average Bonchev–Trinajstić information content (AvgIpc) is 2.84. The van der Waals surface area contributed by atoms with Gasteiger partial charge in [-0.2, -0.15) is 0 Å². The number of amides is 1. The third-order valence-corrected chi connectivity index (χ3v) is 2.66. The molecule has 1 aromatic heterocycles. The highest BCUT2D eigenvalue weighted by atomic mass is 16.3. The minimum Gasteiger partial charge on any atom is -0.465 e. The zero-order chi connectivity index (χ0) is 11.5. The maximum atomic E-state index is 11.6. The number of rotatable bonds is 3. The molecule has 0 aromatic carbocycles. The monoisotopic (exact) mass is 224 g/mol. The summed E-state index contributed by atoms with van der Waals surface area (Å²) in [4.78, 5) is 11.6. The van der Waals surface area contributed by atoms with Gasteiger partial charge in [0.25, 0.3) is 0 Å². The minimum atomic E-state index is -0.415. The van der Waals surface area contributed by atoms with Crippen molar-refractivity contribution in [3.8, 4) is 0 Å². The summed E-state index contributed by atoms with van der Waals surface area (Å²) in [6, 6.07) is 3.41. The summed E-state index contributed by atoms with van der Waals surface area (Å²) in [5.74, 6) is 1.48. The van der Waals surface area contributed by atoms with E-state index in [1.165, 1.54) is 0 Å². The Morgan fingerprint density at radius 2 is 2.50 bits per heavy atom. The number of hydrogen-bond acceptors (Lipinski definition) is 4. The first-order valence-corrected chi connectivity index (χ1v) is 5.39. The lowest BCUT2D eigenvalue weighted by molar-refractivity contribution is -0.123. The molecule has 5 nitrogen and oxygen atoms in total. The molecule has 1 aliphatic heterocycles. The van der Waals surface area contributed by atoms with Crippen LogP contribution in [0.2, 0.25) is 0 Å². The van der Waals surface area contributed by atoms with Crippen molar-refractivity contribution in [1.29, 1.82) is 0 Å². The number of aliphatic hydroxyl groups excluding tert-OH is 1. The number of nitrogens with one attached hydrogen (secondary N) is 2. The molecule has 2 rings (SSSR count). The Bertz CT molecular complexity index is 375. The first-order valence-electron chi connectivity index (χ1n) is 5.39. The van der Waals surface area contributed by atoms with Crippen molar-refractivity contribution < 1.29 is 14.3 Å². The van der Waals surface area contributed by atoms with E-state index in [9.17, 15) is 9.90 Å². The molecule has 0 aliphatic carbocycles. The molecule has 0 saturated carbocycles. The number of aliphatic hydroxyl groups is 1. The number of carbonyl (C=O) groups excluding carboxylic acids is 1. The van der Waals surface area contributed by atoms with Crippen LogP contribution in [0.3, 0.4) is 0 Å². The second-order valence-electron chi connectivity index (χ2n) is 4.08. The van der Waals surface area contributed by atoms with Gasteiger partial charge < -0.3 is 20.2 Å². The molecule has 0 radical (unpaired) electrons. The zero-order valence-electron chi connectivity index (χ0n) is 9.19. The molecule has 2 atom stereocenters. The van der Waals surface area contributed by atoms with E-state index in [4.69, 9.17) is 4.42 Å². The highest BCUT2D eigenvalue weighted by molar-refractivity contribution is 5.82. The molecule has 2 unspecified atom stereocenters. The van der Waals surface area contributed by atoms with Gasteiger partial charge in [-0.05, 0) is 25.5 Å². The Morgan fingerprint density at radius 3 is 3.06 bits per heavy atom. The second kappa shape index (κ2) is 4.67. The van der Waals surface area contributed by atoms with Gasteiger partial charge >= 0.3 is 0 Å². The van der Waals surface area contributed by atoms with E-state index in [1.807, 2.05) is 19.1 Å². The predicted molar refractivity (Wildman–Crippen MR) is 57.7 cm³/mol. The number of β-amino-alcohol motifs (C(OH)–C–C–N with tert-alkyl or cyclic N) is 1. The van der Waals surface area contributed by atoms with Crippen molar-refractivity contribution in [2.45, 2.75) is 32.0 Å². The zero-order valence-corrected chi connectivity index (χ0v) is 9.19. The molecule has 2 heterocycles. The fourth-order valence-electron chi connectivity index (χ4n) is 1.79. The van der Waals surface area contributed by atoms with Gasteiger partial charge in [0, 0.05) is 6.54 Å². The lowest BCUT2D eigenvalue weighted by atomic mass is 10.2. The molecule has 3 N–H and O–H groups in total. The molecular formula is C11H16N2O3. The Labute approximate surface area is 93.8 Å². The molecule has 1 aromatic rings. The maximum Gasteiger partial charge on any atom is 0.237 e. The average molecular weight is 224 g/mol. The van der Waals surface area contributed by atoms with Crippen LogP contribution in [0, 0.1) is 6.92 Å². The first kappa shape index (κ1) is 11.2. The van der Waals surface area contributed by atoms with Gasteiger partial charge in [0.1, 0.15) is 11.5 Å². The molecular weight excluding hydrogens is 208 g/mol.